The van der Waals surface area contributed by atoms with Crippen molar-refractivity contribution in [3.05, 3.63) is 40.8 Å². The smallest absolute Gasteiger partial charge is 0.269 e. The van der Waals surface area contributed by atoms with Crippen LogP contribution < -0.4 is 5.56 Å². The molecule has 3 heterocycles. The van der Waals surface area contributed by atoms with E-state index in [0.29, 0.717) is 37.0 Å². The Labute approximate surface area is 163 Å². The molecule has 7 heteroatoms. The summed E-state index contributed by atoms with van der Waals surface area (Å²) in [5.41, 5.74) is 1.08. The van der Waals surface area contributed by atoms with Gasteiger partial charge in [0.05, 0.1) is 17.2 Å². The Balaban J connectivity index is 1.39. The van der Waals surface area contributed by atoms with Gasteiger partial charge in [0.2, 0.25) is 11.8 Å². The number of rotatable bonds is 3. The average Bonchev–Trinajstić information content (AvgIpc) is 2.76. The molecule has 0 saturated carbocycles. The average molecular weight is 382 g/mol. The normalized spacial score (nSPS) is 18.4. The second-order valence-electron chi connectivity index (χ2n) is 7.71. The van der Waals surface area contributed by atoms with Gasteiger partial charge in [0, 0.05) is 32.1 Å². The minimum Gasteiger partial charge on any atom is -0.342 e. The second kappa shape index (κ2) is 8.12. The predicted molar refractivity (Wildman–Crippen MR) is 106 cm³/mol. The standard InChI is InChI=1S/C21H26N4O3/c26-19-14-22-17-6-2-3-7-18(17)25(19)15-20(27)23-12-8-16(9-13-23)21(28)24-10-4-1-5-11-24/h2-3,6-7,14,16H,1,4-5,8-13,15H2. The first-order valence-electron chi connectivity index (χ1n) is 10.1. The highest BCUT2D eigenvalue weighted by Crippen LogP contribution is 2.22. The van der Waals surface area contributed by atoms with Crippen LogP contribution in [0.25, 0.3) is 11.0 Å². The molecule has 2 aromatic rings. The van der Waals surface area contributed by atoms with Gasteiger partial charge in [-0.25, -0.2) is 4.98 Å². The Kier molecular flexibility index (Phi) is 5.41. The highest BCUT2D eigenvalue weighted by molar-refractivity contribution is 5.81. The number of para-hydroxylation sites is 2. The molecule has 2 aliphatic heterocycles. The van der Waals surface area contributed by atoms with E-state index < -0.39 is 0 Å². The van der Waals surface area contributed by atoms with Gasteiger partial charge in [0.15, 0.2) is 0 Å². The zero-order valence-corrected chi connectivity index (χ0v) is 16.0. The quantitative estimate of drug-likeness (QED) is 0.809. The largest absolute Gasteiger partial charge is 0.342 e. The molecule has 0 bridgehead atoms. The summed E-state index contributed by atoms with van der Waals surface area (Å²) in [6.45, 7) is 2.89. The molecule has 148 valence electrons. The Bertz CT molecular complexity index is 925. The van der Waals surface area contributed by atoms with Gasteiger partial charge in [-0.15, -0.1) is 0 Å². The number of likely N-dealkylation sites (tertiary alicyclic amines) is 2. The summed E-state index contributed by atoms with van der Waals surface area (Å²) in [5.74, 6) is 0.192. The van der Waals surface area contributed by atoms with Crippen molar-refractivity contribution in [3.63, 3.8) is 0 Å². The fraction of sp³-hybridized carbons (Fsp3) is 0.524. The molecule has 0 radical (unpaired) electrons. The van der Waals surface area contributed by atoms with Crippen LogP contribution in [0, 0.1) is 5.92 Å². The van der Waals surface area contributed by atoms with Crippen LogP contribution in [0.2, 0.25) is 0 Å². The molecule has 0 atom stereocenters. The third-order valence-electron chi connectivity index (χ3n) is 5.91. The van der Waals surface area contributed by atoms with E-state index >= 15 is 0 Å². The molecule has 1 aromatic carbocycles. The highest BCUT2D eigenvalue weighted by Gasteiger charge is 2.30. The topological polar surface area (TPSA) is 75.5 Å². The monoisotopic (exact) mass is 382 g/mol. The Hall–Kier alpha value is -2.70. The second-order valence-corrected chi connectivity index (χ2v) is 7.71. The van der Waals surface area contributed by atoms with Crippen molar-refractivity contribution in [2.75, 3.05) is 26.2 Å². The maximum atomic E-state index is 12.8. The van der Waals surface area contributed by atoms with Crippen LogP contribution in [0.15, 0.2) is 35.3 Å². The van der Waals surface area contributed by atoms with Crippen molar-refractivity contribution in [2.24, 2.45) is 5.92 Å². The van der Waals surface area contributed by atoms with Crippen LogP contribution >= 0.6 is 0 Å². The van der Waals surface area contributed by atoms with Crippen LogP contribution in [0.1, 0.15) is 32.1 Å². The van der Waals surface area contributed by atoms with Crippen LogP contribution in [-0.4, -0.2) is 57.3 Å². The van der Waals surface area contributed by atoms with Crippen LogP contribution in [0.4, 0.5) is 0 Å². The molecule has 2 fully saturated rings. The zero-order chi connectivity index (χ0) is 19.5. The summed E-state index contributed by atoms with van der Waals surface area (Å²) in [6, 6.07) is 7.33. The molecular formula is C21H26N4O3. The number of hydrogen-bond donors (Lipinski definition) is 0. The fourth-order valence-electron chi connectivity index (χ4n) is 4.26. The van der Waals surface area contributed by atoms with Gasteiger partial charge in [0.25, 0.3) is 5.56 Å². The highest BCUT2D eigenvalue weighted by atomic mass is 16.2. The molecular weight excluding hydrogens is 356 g/mol. The molecule has 7 nitrogen and oxygen atoms in total. The summed E-state index contributed by atoms with van der Waals surface area (Å²) in [5, 5.41) is 0. The SMILES string of the molecule is O=C(Cn1c(=O)cnc2ccccc21)N1CCC(C(=O)N2CCCCC2)CC1. The molecule has 0 unspecified atom stereocenters. The van der Waals surface area contributed by atoms with E-state index in [0.717, 1.165) is 25.9 Å². The number of aromatic nitrogens is 2. The lowest BCUT2D eigenvalue weighted by Crippen LogP contribution is -2.46. The molecule has 1 aromatic heterocycles. The van der Waals surface area contributed by atoms with E-state index in [4.69, 9.17) is 0 Å². The lowest BCUT2D eigenvalue weighted by molar-refractivity contribution is -0.141. The lowest BCUT2D eigenvalue weighted by atomic mass is 9.94. The van der Waals surface area contributed by atoms with E-state index in [1.54, 1.807) is 11.0 Å². The van der Waals surface area contributed by atoms with Gasteiger partial charge in [-0.2, -0.15) is 0 Å². The number of amides is 2. The summed E-state index contributed by atoms with van der Waals surface area (Å²) in [7, 11) is 0. The first-order chi connectivity index (χ1) is 13.6. The third-order valence-corrected chi connectivity index (χ3v) is 5.91. The Morgan fingerprint density at radius 2 is 1.68 bits per heavy atom. The van der Waals surface area contributed by atoms with Gasteiger partial charge in [-0.1, -0.05) is 12.1 Å². The number of fused-ring (bicyclic) bond motifs is 1. The van der Waals surface area contributed by atoms with Gasteiger partial charge >= 0.3 is 0 Å². The number of carbonyl (C=O) groups is 2. The minimum atomic E-state index is -0.276. The zero-order valence-electron chi connectivity index (χ0n) is 16.0. The summed E-state index contributed by atoms with van der Waals surface area (Å²) >= 11 is 0. The number of carbonyl (C=O) groups excluding carboxylic acids is 2. The predicted octanol–water partition coefficient (Wildman–Crippen LogP) is 1.65. The molecule has 28 heavy (non-hydrogen) atoms. The number of hydrogen-bond acceptors (Lipinski definition) is 4. The number of piperidine rings is 2. The Morgan fingerprint density at radius 1 is 0.964 bits per heavy atom. The first-order valence-corrected chi connectivity index (χ1v) is 10.1. The van der Waals surface area contributed by atoms with Crippen LogP contribution in [0.5, 0.6) is 0 Å². The first kappa shape index (κ1) is 18.7. The maximum Gasteiger partial charge on any atom is 0.269 e. The van der Waals surface area contributed by atoms with Crippen molar-refractivity contribution in [3.8, 4) is 0 Å². The molecule has 2 amide bonds. The maximum absolute atomic E-state index is 12.8. The molecule has 0 N–H and O–H groups in total. The third kappa shape index (κ3) is 3.79. The molecule has 0 aliphatic carbocycles. The van der Waals surface area contributed by atoms with Gasteiger partial charge in [-0.3, -0.25) is 19.0 Å². The van der Waals surface area contributed by atoms with Gasteiger partial charge in [-0.05, 0) is 44.2 Å². The fourth-order valence-corrected chi connectivity index (χ4v) is 4.26. The van der Waals surface area contributed by atoms with Crippen LogP contribution in [0.3, 0.4) is 0 Å². The van der Waals surface area contributed by atoms with E-state index in [1.807, 2.05) is 23.1 Å². The number of benzene rings is 1. The van der Waals surface area contributed by atoms with E-state index in [2.05, 4.69) is 4.98 Å². The van der Waals surface area contributed by atoms with Crippen molar-refractivity contribution < 1.29 is 9.59 Å². The summed E-state index contributed by atoms with van der Waals surface area (Å²) < 4.78 is 1.48. The van der Waals surface area contributed by atoms with E-state index in [-0.39, 0.29) is 29.8 Å². The van der Waals surface area contributed by atoms with Crippen molar-refractivity contribution in [2.45, 2.75) is 38.6 Å². The molecule has 4 rings (SSSR count). The Morgan fingerprint density at radius 3 is 2.43 bits per heavy atom. The molecule has 2 aliphatic rings. The van der Waals surface area contributed by atoms with Gasteiger partial charge < -0.3 is 9.80 Å². The van der Waals surface area contributed by atoms with E-state index in [1.165, 1.54) is 17.2 Å². The minimum absolute atomic E-state index is 0.00655. The van der Waals surface area contributed by atoms with E-state index in [9.17, 15) is 14.4 Å². The molecule has 2 saturated heterocycles. The van der Waals surface area contributed by atoms with Gasteiger partial charge in [0.1, 0.15) is 6.54 Å². The number of nitrogens with zero attached hydrogens (tertiary/aromatic N) is 4. The van der Waals surface area contributed by atoms with Crippen LogP contribution in [-0.2, 0) is 16.1 Å². The summed E-state index contributed by atoms with van der Waals surface area (Å²) in [6.07, 6.45) is 6.06. The van der Waals surface area contributed by atoms with Crippen molar-refractivity contribution in [1.82, 2.24) is 19.4 Å². The van der Waals surface area contributed by atoms with Crippen molar-refractivity contribution in [1.29, 1.82) is 0 Å². The summed E-state index contributed by atoms with van der Waals surface area (Å²) in [4.78, 5) is 45.6. The van der Waals surface area contributed by atoms with Crippen molar-refractivity contribution >= 4 is 22.8 Å². The lowest BCUT2D eigenvalue weighted by Gasteiger charge is -2.35. The molecule has 0 spiro atoms.